The molecule has 12 nitrogen and oxygen atoms in total. The lowest BCUT2D eigenvalue weighted by Crippen LogP contribution is -2.50. The molecule has 2 aliphatic carbocycles. The highest BCUT2D eigenvalue weighted by Gasteiger charge is 2.54. The van der Waals surface area contributed by atoms with Gasteiger partial charge in [0.05, 0.1) is 47.7 Å². The van der Waals surface area contributed by atoms with Gasteiger partial charge >= 0.3 is 5.97 Å². The maximum Gasteiger partial charge on any atom is 0.316 e. The second kappa shape index (κ2) is 9.82. The second-order valence-corrected chi connectivity index (χ2v) is 10.4. The number of hydrogen-bond donors (Lipinski definition) is 6. The van der Waals surface area contributed by atoms with Crippen LogP contribution in [0.5, 0.6) is 17.2 Å². The number of hydrogen-bond acceptors (Lipinski definition) is 12. The average Bonchev–Trinajstić information content (AvgIpc) is 2.91. The summed E-state index contributed by atoms with van der Waals surface area (Å²) in [6.07, 6.45) is -6.26. The minimum atomic E-state index is -1.90. The molecular weight excluding hydrogens is 528 g/mol. The third-order valence-corrected chi connectivity index (χ3v) is 8.22. The van der Waals surface area contributed by atoms with E-state index in [1.165, 1.54) is 25.1 Å². The van der Waals surface area contributed by atoms with Gasteiger partial charge in [0.25, 0.3) is 0 Å². The summed E-state index contributed by atoms with van der Waals surface area (Å²) < 4.78 is 16.7. The van der Waals surface area contributed by atoms with E-state index in [4.69, 9.17) is 14.2 Å². The standard InChI is InChI=1S/C28H30O12/c1-4-28(37)9-14(40-15-8-13(30)22(31)10(2)39-15)17-18(21(28)27(36)38-3)26(35)19-20(25(17)34)24(33)16-11(23(19)32)6-5-7-12(16)29/h5-7,10,13-15,21-22,29-31,34-35,37H,4,8-9H2,1-3H3/t10?,13?,14?,15?,21?,22?,28-/m1/s1. The van der Waals surface area contributed by atoms with E-state index in [2.05, 4.69) is 0 Å². The van der Waals surface area contributed by atoms with Crippen molar-refractivity contribution >= 4 is 17.5 Å². The Morgan fingerprint density at radius 2 is 1.70 bits per heavy atom. The monoisotopic (exact) mass is 558 g/mol. The van der Waals surface area contributed by atoms with Crippen LogP contribution in [0.1, 0.15) is 88.1 Å². The Kier molecular flexibility index (Phi) is 6.87. The molecule has 0 spiro atoms. The van der Waals surface area contributed by atoms with Crippen LogP contribution in [0.25, 0.3) is 0 Å². The summed E-state index contributed by atoms with van der Waals surface area (Å²) >= 11 is 0. The highest BCUT2D eigenvalue weighted by Crippen LogP contribution is 2.57. The largest absolute Gasteiger partial charge is 0.507 e. The van der Waals surface area contributed by atoms with Crippen molar-refractivity contribution in [3.05, 3.63) is 51.6 Å². The fourth-order valence-electron chi connectivity index (χ4n) is 6.07. The topological polar surface area (TPSA) is 200 Å². The molecule has 1 aliphatic heterocycles. The first-order valence-electron chi connectivity index (χ1n) is 12.9. The third kappa shape index (κ3) is 3.98. The Labute approximate surface area is 228 Å². The summed E-state index contributed by atoms with van der Waals surface area (Å²) in [7, 11) is 1.08. The van der Waals surface area contributed by atoms with Gasteiger partial charge in [0.1, 0.15) is 29.3 Å². The van der Waals surface area contributed by atoms with Crippen molar-refractivity contribution in [2.75, 3.05) is 7.11 Å². The predicted molar refractivity (Wildman–Crippen MR) is 134 cm³/mol. The zero-order valence-electron chi connectivity index (χ0n) is 22.0. The molecule has 5 rings (SSSR count). The van der Waals surface area contributed by atoms with E-state index in [1.54, 1.807) is 6.92 Å². The van der Waals surface area contributed by atoms with E-state index in [9.17, 15) is 45.0 Å². The SMILES string of the molecule is CC[C@@]1(O)CC(OC2CC(O)C(O)C(C)O2)c2c(O)c3c(c(O)c2C1C(=O)OC)C(=O)c1cccc(O)c1C3=O. The first-order chi connectivity index (χ1) is 18.9. The molecule has 6 unspecified atom stereocenters. The van der Waals surface area contributed by atoms with Crippen LogP contribution < -0.4 is 0 Å². The number of ketones is 2. The van der Waals surface area contributed by atoms with Crippen LogP contribution in [0.15, 0.2) is 18.2 Å². The number of carbonyl (C=O) groups is 3. The van der Waals surface area contributed by atoms with Crippen LogP contribution >= 0.6 is 0 Å². The number of phenolic OH excluding ortho intramolecular Hbond substituents is 3. The number of esters is 1. The van der Waals surface area contributed by atoms with Gasteiger partial charge in [0.2, 0.25) is 5.78 Å². The Morgan fingerprint density at radius 1 is 1.05 bits per heavy atom. The van der Waals surface area contributed by atoms with Gasteiger partial charge in [0.15, 0.2) is 12.1 Å². The van der Waals surface area contributed by atoms with Gasteiger partial charge in [-0.3, -0.25) is 14.4 Å². The van der Waals surface area contributed by atoms with E-state index in [-0.39, 0.29) is 41.5 Å². The minimum absolute atomic E-state index is 0.0454. The van der Waals surface area contributed by atoms with Crippen LogP contribution in [0, 0.1) is 0 Å². The molecule has 6 N–H and O–H groups in total. The number of rotatable bonds is 4. The lowest BCUT2D eigenvalue weighted by Gasteiger charge is -2.45. The van der Waals surface area contributed by atoms with E-state index in [0.717, 1.165) is 7.11 Å². The molecule has 40 heavy (non-hydrogen) atoms. The average molecular weight is 559 g/mol. The Bertz CT molecular complexity index is 1400. The molecule has 0 radical (unpaired) electrons. The van der Waals surface area contributed by atoms with Crippen LogP contribution in [0.4, 0.5) is 0 Å². The molecule has 0 bridgehead atoms. The predicted octanol–water partition coefficient (Wildman–Crippen LogP) is 1.29. The van der Waals surface area contributed by atoms with E-state index < -0.39 is 88.1 Å². The lowest BCUT2D eigenvalue weighted by molar-refractivity contribution is -0.267. The molecule has 1 heterocycles. The van der Waals surface area contributed by atoms with Crippen LogP contribution in [-0.4, -0.2) is 85.5 Å². The number of fused-ring (bicyclic) bond motifs is 3. The molecule has 1 saturated heterocycles. The maximum atomic E-state index is 13.6. The van der Waals surface area contributed by atoms with Gasteiger partial charge in [-0.1, -0.05) is 19.1 Å². The summed E-state index contributed by atoms with van der Waals surface area (Å²) in [5, 5.41) is 65.5. The van der Waals surface area contributed by atoms with Crippen LogP contribution in [0.3, 0.4) is 0 Å². The first-order valence-corrected chi connectivity index (χ1v) is 12.9. The number of aliphatic hydroxyl groups is 3. The Hall–Kier alpha value is -3.55. The smallest absolute Gasteiger partial charge is 0.316 e. The van der Waals surface area contributed by atoms with Gasteiger partial charge in [-0.2, -0.15) is 0 Å². The van der Waals surface area contributed by atoms with Gasteiger partial charge in [-0.05, 0) is 19.4 Å². The van der Waals surface area contributed by atoms with Crippen molar-refractivity contribution in [1.82, 2.24) is 0 Å². The first kappa shape index (κ1) is 28.0. The molecule has 12 heteroatoms. The molecule has 0 amide bonds. The molecule has 3 aliphatic rings. The fraction of sp³-hybridized carbons (Fsp3) is 0.464. The van der Waals surface area contributed by atoms with Gasteiger partial charge in [-0.25, -0.2) is 0 Å². The normalized spacial score (nSPS) is 31.2. The Balaban J connectivity index is 1.76. The zero-order chi connectivity index (χ0) is 29.3. The molecule has 7 atom stereocenters. The molecule has 0 aromatic heterocycles. The summed E-state index contributed by atoms with van der Waals surface area (Å²) in [5.41, 5.74) is -4.26. The second-order valence-electron chi connectivity index (χ2n) is 10.4. The van der Waals surface area contributed by atoms with Gasteiger partial charge < -0.3 is 44.8 Å². The van der Waals surface area contributed by atoms with Gasteiger partial charge in [-0.15, -0.1) is 0 Å². The van der Waals surface area contributed by atoms with Crippen molar-refractivity contribution in [2.24, 2.45) is 0 Å². The Morgan fingerprint density at radius 3 is 2.33 bits per heavy atom. The molecular formula is C28H30O12. The highest BCUT2D eigenvalue weighted by molar-refractivity contribution is 6.31. The molecule has 214 valence electrons. The third-order valence-electron chi connectivity index (χ3n) is 8.22. The van der Waals surface area contributed by atoms with Crippen molar-refractivity contribution < 1.29 is 59.2 Å². The zero-order valence-corrected chi connectivity index (χ0v) is 22.0. The number of aromatic hydroxyl groups is 3. The van der Waals surface area contributed by atoms with E-state index >= 15 is 0 Å². The molecule has 2 aromatic carbocycles. The fourth-order valence-corrected chi connectivity index (χ4v) is 6.07. The molecule has 1 fully saturated rings. The van der Waals surface area contributed by atoms with E-state index in [0.29, 0.717) is 0 Å². The van der Waals surface area contributed by atoms with E-state index in [1.807, 2.05) is 0 Å². The molecule has 0 saturated carbocycles. The van der Waals surface area contributed by atoms with Crippen molar-refractivity contribution in [3.63, 3.8) is 0 Å². The van der Waals surface area contributed by atoms with Crippen molar-refractivity contribution in [3.8, 4) is 17.2 Å². The summed E-state index contributed by atoms with van der Waals surface area (Å²) in [6, 6.07) is 3.82. The maximum absolute atomic E-state index is 13.6. The summed E-state index contributed by atoms with van der Waals surface area (Å²) in [6.45, 7) is 3.10. The number of methoxy groups -OCH3 is 1. The van der Waals surface area contributed by atoms with Crippen LogP contribution in [0.2, 0.25) is 0 Å². The summed E-state index contributed by atoms with van der Waals surface area (Å²) in [5.74, 6) is -6.48. The number of aliphatic hydroxyl groups excluding tert-OH is 2. The number of carbonyl (C=O) groups excluding carboxylic acids is 3. The molecule has 2 aromatic rings. The number of benzene rings is 2. The number of ether oxygens (including phenoxy) is 3. The van der Waals surface area contributed by atoms with Crippen molar-refractivity contribution in [1.29, 1.82) is 0 Å². The quantitative estimate of drug-likeness (QED) is 0.198. The minimum Gasteiger partial charge on any atom is -0.507 e. The van der Waals surface area contributed by atoms with Gasteiger partial charge in [0, 0.05) is 29.5 Å². The summed E-state index contributed by atoms with van der Waals surface area (Å²) in [4.78, 5) is 40.1. The highest BCUT2D eigenvalue weighted by atomic mass is 16.7. The van der Waals surface area contributed by atoms with Crippen molar-refractivity contribution in [2.45, 2.75) is 75.3 Å². The van der Waals surface area contributed by atoms with Crippen LogP contribution in [-0.2, 0) is 19.0 Å². The number of phenols is 3. The lowest BCUT2D eigenvalue weighted by atomic mass is 9.66.